The van der Waals surface area contributed by atoms with Crippen LogP contribution in [0.3, 0.4) is 0 Å². The summed E-state index contributed by atoms with van der Waals surface area (Å²) in [6.45, 7) is 2.16. The molecular weight excluding hydrogens is 210 g/mol. The van der Waals surface area contributed by atoms with Gasteiger partial charge in [0.1, 0.15) is 0 Å². The van der Waals surface area contributed by atoms with E-state index in [0.29, 0.717) is 5.92 Å². The zero-order valence-corrected chi connectivity index (χ0v) is 10.3. The first kappa shape index (κ1) is 10.8. The molecule has 1 aromatic rings. The van der Waals surface area contributed by atoms with E-state index in [-0.39, 0.29) is 11.8 Å². The lowest BCUT2D eigenvalue weighted by molar-refractivity contribution is -0.118. The van der Waals surface area contributed by atoms with Gasteiger partial charge in [-0.15, -0.1) is 0 Å². The third-order valence-corrected chi connectivity index (χ3v) is 4.27. The Morgan fingerprint density at radius 2 is 2.06 bits per heavy atom. The summed E-state index contributed by atoms with van der Waals surface area (Å²) < 4.78 is 0. The summed E-state index contributed by atoms with van der Waals surface area (Å²) in [7, 11) is 0. The number of hydrogen-bond acceptors (Lipinski definition) is 1. The molecule has 0 saturated heterocycles. The number of anilines is 1. The molecule has 1 saturated carbocycles. The fourth-order valence-electron chi connectivity index (χ4n) is 3.31. The van der Waals surface area contributed by atoms with Gasteiger partial charge in [-0.3, -0.25) is 4.79 Å². The van der Waals surface area contributed by atoms with Crippen molar-refractivity contribution in [2.75, 3.05) is 5.32 Å². The maximum atomic E-state index is 12.1. The van der Waals surface area contributed by atoms with Crippen LogP contribution in [-0.4, -0.2) is 5.91 Å². The number of carbonyl (C=O) groups excluding carboxylic acids is 1. The van der Waals surface area contributed by atoms with E-state index in [1.54, 1.807) is 0 Å². The third-order valence-electron chi connectivity index (χ3n) is 4.27. The molecule has 2 aliphatic rings. The third kappa shape index (κ3) is 1.76. The summed E-state index contributed by atoms with van der Waals surface area (Å²) in [5.41, 5.74) is 3.63. The van der Waals surface area contributed by atoms with Gasteiger partial charge in [0.15, 0.2) is 0 Å². The van der Waals surface area contributed by atoms with E-state index >= 15 is 0 Å². The highest BCUT2D eigenvalue weighted by molar-refractivity contribution is 6.03. The molecule has 1 heterocycles. The van der Waals surface area contributed by atoms with Crippen LogP contribution < -0.4 is 5.32 Å². The fraction of sp³-hybridized carbons (Fsp3) is 0.533. The van der Waals surface area contributed by atoms with Crippen LogP contribution in [0, 0.1) is 5.92 Å². The van der Waals surface area contributed by atoms with Crippen molar-refractivity contribution in [1.82, 2.24) is 0 Å². The smallest absolute Gasteiger partial charge is 0.232 e. The largest absolute Gasteiger partial charge is 0.325 e. The molecule has 0 radical (unpaired) electrons. The molecule has 1 fully saturated rings. The van der Waals surface area contributed by atoms with Crippen molar-refractivity contribution in [2.45, 2.75) is 44.9 Å². The van der Waals surface area contributed by atoms with Crippen LogP contribution in [0.2, 0.25) is 0 Å². The normalized spacial score (nSPS) is 23.8. The number of carbonyl (C=O) groups is 1. The Balaban J connectivity index is 1.98. The average molecular weight is 229 g/mol. The first-order valence-corrected chi connectivity index (χ1v) is 6.73. The van der Waals surface area contributed by atoms with Gasteiger partial charge < -0.3 is 5.32 Å². The van der Waals surface area contributed by atoms with Gasteiger partial charge in [0, 0.05) is 5.69 Å². The van der Waals surface area contributed by atoms with Crippen molar-refractivity contribution in [3.05, 3.63) is 29.3 Å². The summed E-state index contributed by atoms with van der Waals surface area (Å²) in [5.74, 6) is 0.919. The highest BCUT2D eigenvalue weighted by Gasteiger charge is 2.37. The molecule has 0 spiro atoms. The minimum atomic E-state index is 0.124. The average Bonchev–Trinajstić information content (AvgIpc) is 2.93. The van der Waals surface area contributed by atoms with Crippen LogP contribution in [0.1, 0.15) is 49.7 Å². The van der Waals surface area contributed by atoms with E-state index in [9.17, 15) is 4.79 Å². The molecule has 1 unspecified atom stereocenters. The van der Waals surface area contributed by atoms with E-state index < -0.39 is 0 Å². The molecule has 0 aromatic heterocycles. The summed E-state index contributed by atoms with van der Waals surface area (Å²) in [5, 5.41) is 3.04. The highest BCUT2D eigenvalue weighted by atomic mass is 16.2. The molecule has 3 rings (SSSR count). The van der Waals surface area contributed by atoms with Crippen molar-refractivity contribution in [3.8, 4) is 0 Å². The lowest BCUT2D eigenvalue weighted by Crippen LogP contribution is -2.18. The van der Waals surface area contributed by atoms with Gasteiger partial charge in [-0.2, -0.15) is 0 Å². The Kier molecular flexibility index (Phi) is 2.65. The minimum absolute atomic E-state index is 0.124. The predicted molar refractivity (Wildman–Crippen MR) is 69.1 cm³/mol. The summed E-state index contributed by atoms with van der Waals surface area (Å²) in [6.07, 6.45) is 6.05. The van der Waals surface area contributed by atoms with Gasteiger partial charge >= 0.3 is 0 Å². The zero-order valence-electron chi connectivity index (χ0n) is 10.3. The summed E-state index contributed by atoms with van der Waals surface area (Å²) in [4.78, 5) is 12.1. The molecule has 2 nitrogen and oxygen atoms in total. The van der Waals surface area contributed by atoms with Gasteiger partial charge in [0.25, 0.3) is 0 Å². The standard InChI is InChI=1S/C15H19NO/c1-2-10-7-8-13-12(9-10)14(15(17)16-13)11-5-3-4-6-11/h7-9,11,14H,2-6H2,1H3,(H,16,17). The van der Waals surface area contributed by atoms with Gasteiger partial charge in [0.2, 0.25) is 5.91 Å². The van der Waals surface area contributed by atoms with Crippen LogP contribution in [0.15, 0.2) is 18.2 Å². The molecule has 90 valence electrons. The van der Waals surface area contributed by atoms with Gasteiger partial charge in [-0.1, -0.05) is 31.9 Å². The number of aryl methyl sites for hydroxylation is 1. The maximum Gasteiger partial charge on any atom is 0.232 e. The summed E-state index contributed by atoms with van der Waals surface area (Å²) >= 11 is 0. The van der Waals surface area contributed by atoms with Gasteiger partial charge in [0.05, 0.1) is 5.92 Å². The molecule has 1 amide bonds. The fourth-order valence-corrected chi connectivity index (χ4v) is 3.31. The van der Waals surface area contributed by atoms with Crippen LogP contribution in [0.5, 0.6) is 0 Å². The maximum absolute atomic E-state index is 12.1. The quantitative estimate of drug-likeness (QED) is 0.826. The van der Waals surface area contributed by atoms with Crippen molar-refractivity contribution in [3.63, 3.8) is 0 Å². The number of benzene rings is 1. The first-order valence-electron chi connectivity index (χ1n) is 6.73. The lowest BCUT2D eigenvalue weighted by atomic mass is 9.85. The Morgan fingerprint density at radius 3 is 2.76 bits per heavy atom. The van der Waals surface area contributed by atoms with Gasteiger partial charge in [-0.25, -0.2) is 0 Å². The highest BCUT2D eigenvalue weighted by Crippen LogP contribution is 2.44. The first-order chi connectivity index (χ1) is 8.29. The second-order valence-electron chi connectivity index (χ2n) is 5.29. The molecule has 17 heavy (non-hydrogen) atoms. The Hall–Kier alpha value is -1.31. The number of nitrogens with one attached hydrogen (secondary N) is 1. The monoisotopic (exact) mass is 229 g/mol. The second kappa shape index (κ2) is 4.17. The van der Waals surface area contributed by atoms with Crippen LogP contribution in [-0.2, 0) is 11.2 Å². The molecular formula is C15H19NO. The molecule has 1 aliphatic heterocycles. The second-order valence-corrected chi connectivity index (χ2v) is 5.29. The Morgan fingerprint density at radius 1 is 1.29 bits per heavy atom. The van der Waals surface area contributed by atoms with E-state index in [1.165, 1.54) is 36.8 Å². The van der Waals surface area contributed by atoms with Crippen molar-refractivity contribution >= 4 is 11.6 Å². The SMILES string of the molecule is CCc1ccc2c(c1)C(C1CCCC1)C(=O)N2. The van der Waals surface area contributed by atoms with Crippen molar-refractivity contribution in [1.29, 1.82) is 0 Å². The molecule has 1 aliphatic carbocycles. The summed E-state index contributed by atoms with van der Waals surface area (Å²) in [6, 6.07) is 6.42. The Bertz CT molecular complexity index is 446. The topological polar surface area (TPSA) is 29.1 Å². The molecule has 1 aromatic carbocycles. The molecule has 1 N–H and O–H groups in total. The van der Waals surface area contributed by atoms with E-state index in [0.717, 1.165) is 12.1 Å². The van der Waals surface area contributed by atoms with Crippen LogP contribution in [0.25, 0.3) is 0 Å². The number of amides is 1. The van der Waals surface area contributed by atoms with Gasteiger partial charge in [-0.05, 0) is 42.4 Å². The van der Waals surface area contributed by atoms with E-state index in [4.69, 9.17) is 0 Å². The molecule has 1 atom stereocenters. The van der Waals surface area contributed by atoms with Crippen molar-refractivity contribution in [2.24, 2.45) is 5.92 Å². The minimum Gasteiger partial charge on any atom is -0.325 e. The Labute approximate surface area is 102 Å². The molecule has 0 bridgehead atoms. The zero-order chi connectivity index (χ0) is 11.8. The van der Waals surface area contributed by atoms with Crippen LogP contribution in [0.4, 0.5) is 5.69 Å². The number of rotatable bonds is 2. The van der Waals surface area contributed by atoms with E-state index in [2.05, 4.69) is 30.4 Å². The number of hydrogen-bond donors (Lipinski definition) is 1. The predicted octanol–water partition coefficient (Wildman–Crippen LogP) is 3.47. The van der Waals surface area contributed by atoms with Crippen molar-refractivity contribution < 1.29 is 4.79 Å². The number of fused-ring (bicyclic) bond motifs is 1. The lowest BCUT2D eigenvalue weighted by Gasteiger charge is -2.16. The van der Waals surface area contributed by atoms with Crippen LogP contribution >= 0.6 is 0 Å². The molecule has 2 heteroatoms. The van der Waals surface area contributed by atoms with E-state index in [1.807, 2.05) is 0 Å².